The van der Waals surface area contributed by atoms with Crippen LogP contribution in [0.15, 0.2) is 23.3 Å². The Bertz CT molecular complexity index is 547. The number of carbonyl (C=O) groups excluding carboxylic acids is 1. The Morgan fingerprint density at radius 1 is 1.25 bits per heavy atom. The van der Waals surface area contributed by atoms with Crippen molar-refractivity contribution >= 4 is 35.3 Å². The van der Waals surface area contributed by atoms with Crippen LogP contribution in [0.3, 0.4) is 0 Å². The minimum atomic E-state index is 0.0447. The number of nitrogens with one attached hydrogen (secondary N) is 1. The Hall–Kier alpha value is -1.06. The summed E-state index contributed by atoms with van der Waals surface area (Å²) in [5.41, 5.74) is 3.37. The largest absolute Gasteiger partial charge is 0.273 e. The molecule has 0 aliphatic heterocycles. The highest BCUT2D eigenvalue weighted by atomic mass is 35.5. The van der Waals surface area contributed by atoms with Gasteiger partial charge < -0.3 is 0 Å². The SMILES string of the molecule is O=C(NN=Cc1ccc(Cl)cc1Cl)C1C2CCCCC21. The molecule has 0 radical (unpaired) electrons. The molecule has 106 valence electrons. The molecule has 2 fully saturated rings. The number of nitrogens with zero attached hydrogens (tertiary/aromatic N) is 1. The van der Waals surface area contributed by atoms with E-state index in [9.17, 15) is 4.79 Å². The first kappa shape index (κ1) is 13.9. The molecule has 1 aromatic rings. The fourth-order valence-corrected chi connectivity index (χ4v) is 3.68. The molecule has 3 rings (SSSR count). The van der Waals surface area contributed by atoms with E-state index in [0.29, 0.717) is 21.9 Å². The maximum atomic E-state index is 12.0. The van der Waals surface area contributed by atoms with Crippen LogP contribution in [0.1, 0.15) is 31.2 Å². The van der Waals surface area contributed by atoms with Crippen LogP contribution in [-0.2, 0) is 4.79 Å². The molecule has 2 aliphatic carbocycles. The van der Waals surface area contributed by atoms with Gasteiger partial charge in [-0.25, -0.2) is 5.43 Å². The number of hydrogen-bond acceptors (Lipinski definition) is 2. The van der Waals surface area contributed by atoms with Crippen molar-refractivity contribution in [2.24, 2.45) is 22.9 Å². The zero-order chi connectivity index (χ0) is 14.1. The summed E-state index contributed by atoms with van der Waals surface area (Å²) in [6.07, 6.45) is 6.46. The highest BCUT2D eigenvalue weighted by molar-refractivity contribution is 6.36. The van der Waals surface area contributed by atoms with Gasteiger partial charge >= 0.3 is 0 Å². The second-order valence-corrected chi connectivity index (χ2v) is 6.38. The van der Waals surface area contributed by atoms with Gasteiger partial charge in [0.25, 0.3) is 0 Å². The van der Waals surface area contributed by atoms with Crippen LogP contribution in [-0.4, -0.2) is 12.1 Å². The second kappa shape index (κ2) is 5.74. The van der Waals surface area contributed by atoms with Crippen LogP contribution in [0.25, 0.3) is 0 Å². The lowest BCUT2D eigenvalue weighted by Crippen LogP contribution is -2.20. The summed E-state index contributed by atoms with van der Waals surface area (Å²) in [6, 6.07) is 5.17. The highest BCUT2D eigenvalue weighted by Crippen LogP contribution is 2.55. The minimum Gasteiger partial charge on any atom is -0.273 e. The van der Waals surface area contributed by atoms with Crippen LogP contribution < -0.4 is 5.43 Å². The van der Waals surface area contributed by atoms with Crippen molar-refractivity contribution < 1.29 is 4.79 Å². The Balaban J connectivity index is 1.56. The summed E-state index contributed by atoms with van der Waals surface area (Å²) in [6.45, 7) is 0. The van der Waals surface area contributed by atoms with E-state index in [0.717, 1.165) is 5.56 Å². The average Bonchev–Trinajstić information content (AvgIpc) is 3.15. The van der Waals surface area contributed by atoms with E-state index in [1.54, 1.807) is 24.4 Å². The number of amides is 1. The molecule has 1 N–H and O–H groups in total. The van der Waals surface area contributed by atoms with Crippen LogP contribution in [0.4, 0.5) is 0 Å². The molecule has 1 aromatic carbocycles. The summed E-state index contributed by atoms with van der Waals surface area (Å²) in [5, 5.41) is 5.10. The fraction of sp³-hybridized carbons (Fsp3) is 0.467. The quantitative estimate of drug-likeness (QED) is 0.668. The van der Waals surface area contributed by atoms with E-state index in [1.165, 1.54) is 25.7 Å². The summed E-state index contributed by atoms with van der Waals surface area (Å²) in [4.78, 5) is 12.0. The van der Waals surface area contributed by atoms with Gasteiger partial charge in [0, 0.05) is 16.5 Å². The third-order valence-corrected chi connectivity index (χ3v) is 4.86. The molecule has 0 saturated heterocycles. The summed E-state index contributed by atoms with van der Waals surface area (Å²) in [7, 11) is 0. The van der Waals surface area contributed by atoms with Crippen LogP contribution in [0.2, 0.25) is 10.0 Å². The van der Waals surface area contributed by atoms with Crippen molar-refractivity contribution in [3.8, 4) is 0 Å². The second-order valence-electron chi connectivity index (χ2n) is 5.54. The first-order chi connectivity index (χ1) is 9.66. The van der Waals surface area contributed by atoms with E-state index in [2.05, 4.69) is 10.5 Å². The molecule has 2 atom stereocenters. The molecule has 1 amide bonds. The summed E-state index contributed by atoms with van der Waals surface area (Å²) in [5.74, 6) is 1.41. The lowest BCUT2D eigenvalue weighted by atomic mass is 10.0. The van der Waals surface area contributed by atoms with E-state index >= 15 is 0 Å². The predicted octanol–water partition coefficient (Wildman–Crippen LogP) is 3.88. The zero-order valence-corrected chi connectivity index (χ0v) is 12.5. The first-order valence-electron chi connectivity index (χ1n) is 6.95. The van der Waals surface area contributed by atoms with Crippen LogP contribution in [0, 0.1) is 17.8 Å². The zero-order valence-electron chi connectivity index (χ0n) is 11.0. The van der Waals surface area contributed by atoms with Gasteiger partial charge in [-0.1, -0.05) is 42.1 Å². The van der Waals surface area contributed by atoms with Crippen molar-refractivity contribution in [3.63, 3.8) is 0 Å². The molecule has 20 heavy (non-hydrogen) atoms. The normalized spacial score (nSPS) is 28.2. The van der Waals surface area contributed by atoms with E-state index < -0.39 is 0 Å². The molecule has 0 aromatic heterocycles. The van der Waals surface area contributed by atoms with Gasteiger partial charge in [0.05, 0.1) is 11.2 Å². The van der Waals surface area contributed by atoms with Crippen molar-refractivity contribution in [1.82, 2.24) is 5.43 Å². The van der Waals surface area contributed by atoms with Gasteiger partial charge in [0.2, 0.25) is 5.91 Å². The maximum Gasteiger partial charge on any atom is 0.243 e. The molecular weight excluding hydrogens is 295 g/mol. The molecule has 2 saturated carbocycles. The molecular formula is C15H16Cl2N2O. The Morgan fingerprint density at radius 2 is 1.95 bits per heavy atom. The van der Waals surface area contributed by atoms with Gasteiger partial charge in [-0.05, 0) is 36.8 Å². The fourth-order valence-electron chi connectivity index (χ4n) is 3.23. The van der Waals surface area contributed by atoms with Crippen molar-refractivity contribution in [2.75, 3.05) is 0 Å². The van der Waals surface area contributed by atoms with Gasteiger partial charge in [0.15, 0.2) is 0 Å². The molecule has 0 heterocycles. The summed E-state index contributed by atoms with van der Waals surface area (Å²) >= 11 is 11.9. The van der Waals surface area contributed by atoms with Crippen LogP contribution in [0.5, 0.6) is 0 Å². The monoisotopic (exact) mass is 310 g/mol. The number of benzene rings is 1. The number of fused-ring (bicyclic) bond motifs is 1. The minimum absolute atomic E-state index is 0.0447. The standard InChI is InChI=1S/C15H16Cl2N2O/c16-10-6-5-9(13(17)7-10)8-18-19-15(20)14-11-3-1-2-4-12(11)14/h5-8,11-12,14H,1-4H2,(H,19,20). The summed E-state index contributed by atoms with van der Waals surface area (Å²) < 4.78 is 0. The average molecular weight is 311 g/mol. The molecule has 3 nitrogen and oxygen atoms in total. The molecule has 0 bridgehead atoms. The number of halogens is 2. The van der Waals surface area contributed by atoms with E-state index in [-0.39, 0.29) is 11.8 Å². The van der Waals surface area contributed by atoms with E-state index in [4.69, 9.17) is 23.2 Å². The van der Waals surface area contributed by atoms with Gasteiger partial charge in [-0.3, -0.25) is 4.79 Å². The Morgan fingerprint density at radius 3 is 2.60 bits per heavy atom. The lowest BCUT2D eigenvalue weighted by Gasteiger charge is -2.04. The maximum absolute atomic E-state index is 12.0. The number of rotatable bonds is 3. The molecule has 2 unspecified atom stereocenters. The van der Waals surface area contributed by atoms with Gasteiger partial charge in [-0.2, -0.15) is 5.10 Å². The number of carbonyl (C=O) groups is 1. The highest BCUT2D eigenvalue weighted by Gasteiger charge is 2.54. The number of hydrogen-bond donors (Lipinski definition) is 1. The topological polar surface area (TPSA) is 41.5 Å². The molecule has 2 aliphatic rings. The lowest BCUT2D eigenvalue weighted by molar-refractivity contribution is -0.122. The predicted molar refractivity (Wildman–Crippen MR) is 81.1 cm³/mol. The Labute approximate surface area is 128 Å². The third kappa shape index (κ3) is 2.84. The van der Waals surface area contributed by atoms with Gasteiger partial charge in [0.1, 0.15) is 0 Å². The Kier molecular flexibility index (Phi) is 3.99. The van der Waals surface area contributed by atoms with Crippen molar-refractivity contribution in [2.45, 2.75) is 25.7 Å². The van der Waals surface area contributed by atoms with Gasteiger partial charge in [-0.15, -0.1) is 0 Å². The number of hydrazone groups is 1. The van der Waals surface area contributed by atoms with Crippen LogP contribution >= 0.6 is 23.2 Å². The smallest absolute Gasteiger partial charge is 0.243 e. The third-order valence-electron chi connectivity index (χ3n) is 4.30. The van der Waals surface area contributed by atoms with Crippen molar-refractivity contribution in [3.05, 3.63) is 33.8 Å². The first-order valence-corrected chi connectivity index (χ1v) is 7.70. The molecule has 0 spiro atoms. The van der Waals surface area contributed by atoms with E-state index in [1.807, 2.05) is 0 Å². The van der Waals surface area contributed by atoms with Crippen molar-refractivity contribution in [1.29, 1.82) is 0 Å². The molecule has 5 heteroatoms.